The molecule has 2 N–H and O–H groups in total. The second-order valence-corrected chi connectivity index (χ2v) is 4.48. The van der Waals surface area contributed by atoms with Crippen LogP contribution in [0.3, 0.4) is 0 Å². The van der Waals surface area contributed by atoms with Gasteiger partial charge in [0.05, 0.1) is 5.52 Å². The Balaban J connectivity index is 2.99. The Kier molecular flexibility index (Phi) is 3.02. The summed E-state index contributed by atoms with van der Waals surface area (Å²) < 4.78 is 0.749. The van der Waals surface area contributed by atoms with E-state index in [9.17, 15) is 9.59 Å². The molecule has 0 saturated heterocycles. The van der Waals surface area contributed by atoms with E-state index in [1.165, 1.54) is 0 Å². The highest BCUT2D eigenvalue weighted by Crippen LogP contribution is 2.21. The van der Waals surface area contributed by atoms with E-state index in [4.69, 9.17) is 5.11 Å². The summed E-state index contributed by atoms with van der Waals surface area (Å²) in [5, 5.41) is 9.46. The molecule has 2 rings (SSSR count). The molecule has 2 aromatic rings. The number of carbonyl (C=O) groups is 1. The third-order valence-electron chi connectivity index (χ3n) is 2.63. The normalized spacial score (nSPS) is 10.7. The fourth-order valence-corrected chi connectivity index (χ4v) is 2.28. The van der Waals surface area contributed by atoms with Crippen LogP contribution in [0.4, 0.5) is 0 Å². The molecule has 0 amide bonds. The number of para-hydroxylation sites is 1. The molecular weight excluding hydrogens is 286 g/mol. The van der Waals surface area contributed by atoms with Crippen LogP contribution >= 0.6 is 15.9 Å². The van der Waals surface area contributed by atoms with Crippen LogP contribution in [0.15, 0.2) is 27.5 Å². The maximum atomic E-state index is 12.1. The zero-order valence-electron chi connectivity index (χ0n) is 9.08. The van der Waals surface area contributed by atoms with Gasteiger partial charge in [0.2, 0.25) is 5.43 Å². The van der Waals surface area contributed by atoms with Gasteiger partial charge in [-0.05, 0) is 34.5 Å². The molecule has 0 aliphatic rings. The number of halogens is 1. The van der Waals surface area contributed by atoms with Crippen molar-refractivity contribution in [2.24, 2.45) is 0 Å². The molecule has 0 saturated carbocycles. The van der Waals surface area contributed by atoms with Crippen molar-refractivity contribution in [3.05, 3.63) is 44.2 Å². The zero-order valence-corrected chi connectivity index (χ0v) is 10.7. The smallest absolute Gasteiger partial charge is 0.341 e. The monoisotopic (exact) mass is 295 g/mol. The minimum atomic E-state index is -1.19. The van der Waals surface area contributed by atoms with Gasteiger partial charge in [-0.2, -0.15) is 0 Å². The van der Waals surface area contributed by atoms with Crippen LogP contribution in [-0.2, 0) is 6.42 Å². The molecule has 1 aromatic heterocycles. The number of H-pyrrole nitrogens is 1. The van der Waals surface area contributed by atoms with Gasteiger partial charge >= 0.3 is 5.97 Å². The minimum absolute atomic E-state index is 0.168. The number of aryl methyl sites for hydroxylation is 1. The van der Waals surface area contributed by atoms with E-state index in [1.54, 1.807) is 25.1 Å². The average molecular weight is 296 g/mol. The Bertz CT molecular complexity index is 661. The summed E-state index contributed by atoms with van der Waals surface area (Å²) in [6, 6.07) is 5.13. The Morgan fingerprint density at radius 3 is 2.76 bits per heavy atom. The second kappa shape index (κ2) is 4.33. The molecule has 0 fully saturated rings. The van der Waals surface area contributed by atoms with Gasteiger partial charge in [-0.3, -0.25) is 4.79 Å². The predicted molar refractivity (Wildman–Crippen MR) is 68.6 cm³/mol. The molecule has 1 heterocycles. The summed E-state index contributed by atoms with van der Waals surface area (Å²) in [7, 11) is 0. The highest BCUT2D eigenvalue weighted by Gasteiger charge is 2.17. The maximum absolute atomic E-state index is 12.1. The van der Waals surface area contributed by atoms with Crippen LogP contribution < -0.4 is 5.43 Å². The Morgan fingerprint density at radius 2 is 2.18 bits per heavy atom. The summed E-state index contributed by atoms with van der Waals surface area (Å²) >= 11 is 3.34. The summed E-state index contributed by atoms with van der Waals surface area (Å²) in [5.74, 6) is -1.19. The highest BCUT2D eigenvalue weighted by atomic mass is 79.9. The third-order valence-corrected chi connectivity index (χ3v) is 3.29. The number of nitrogens with one attached hydrogen (secondary N) is 1. The lowest BCUT2D eigenvalue weighted by Gasteiger charge is -2.07. The number of fused-ring (bicyclic) bond motifs is 1. The molecular formula is C12H10BrNO3. The third kappa shape index (κ3) is 1.86. The van der Waals surface area contributed by atoms with Crippen molar-refractivity contribution in [1.29, 1.82) is 0 Å². The molecule has 0 unspecified atom stereocenters. The van der Waals surface area contributed by atoms with Crippen LogP contribution in [-0.4, -0.2) is 16.1 Å². The number of aromatic carboxylic acids is 1. The van der Waals surface area contributed by atoms with Crippen LogP contribution in [0.5, 0.6) is 0 Å². The first-order valence-corrected chi connectivity index (χ1v) is 5.92. The molecule has 0 atom stereocenters. The van der Waals surface area contributed by atoms with Crippen molar-refractivity contribution >= 4 is 32.8 Å². The van der Waals surface area contributed by atoms with Crippen molar-refractivity contribution in [2.75, 3.05) is 0 Å². The zero-order chi connectivity index (χ0) is 12.6. The fraction of sp³-hybridized carbons (Fsp3) is 0.167. The van der Waals surface area contributed by atoms with Gasteiger partial charge in [0.25, 0.3) is 0 Å². The van der Waals surface area contributed by atoms with E-state index in [2.05, 4.69) is 20.9 Å². The number of aromatic amines is 1. The first-order valence-electron chi connectivity index (χ1n) is 5.13. The van der Waals surface area contributed by atoms with E-state index in [1.807, 2.05) is 0 Å². The van der Waals surface area contributed by atoms with Gasteiger partial charge in [-0.25, -0.2) is 4.79 Å². The molecule has 5 heteroatoms. The van der Waals surface area contributed by atoms with Crippen molar-refractivity contribution in [2.45, 2.75) is 13.3 Å². The summed E-state index contributed by atoms with van der Waals surface area (Å²) in [6.45, 7) is 1.81. The second-order valence-electron chi connectivity index (χ2n) is 3.63. The molecule has 17 heavy (non-hydrogen) atoms. The number of pyridine rings is 1. The van der Waals surface area contributed by atoms with E-state index in [0.717, 1.165) is 4.47 Å². The molecule has 4 nitrogen and oxygen atoms in total. The molecule has 0 spiro atoms. The predicted octanol–water partition coefficient (Wildman–Crippen LogP) is 2.55. The number of carboxylic acid groups (broad SMARTS) is 1. The van der Waals surface area contributed by atoms with Crippen LogP contribution in [0.2, 0.25) is 0 Å². The molecule has 0 radical (unpaired) electrons. The van der Waals surface area contributed by atoms with Gasteiger partial charge in [-0.15, -0.1) is 0 Å². The van der Waals surface area contributed by atoms with Crippen molar-refractivity contribution in [3.8, 4) is 0 Å². The maximum Gasteiger partial charge on any atom is 0.341 e. The number of aromatic nitrogens is 1. The lowest BCUT2D eigenvalue weighted by atomic mass is 10.1. The van der Waals surface area contributed by atoms with Crippen LogP contribution in [0.1, 0.15) is 23.0 Å². The van der Waals surface area contributed by atoms with Crippen LogP contribution in [0.25, 0.3) is 10.9 Å². The van der Waals surface area contributed by atoms with Crippen molar-refractivity contribution in [1.82, 2.24) is 4.98 Å². The number of hydrogen-bond acceptors (Lipinski definition) is 2. The molecule has 0 aliphatic heterocycles. The quantitative estimate of drug-likeness (QED) is 0.894. The average Bonchev–Trinajstić information content (AvgIpc) is 2.29. The Morgan fingerprint density at radius 1 is 1.47 bits per heavy atom. The Hall–Kier alpha value is -1.62. The first kappa shape index (κ1) is 11.9. The number of carboxylic acids is 1. The topological polar surface area (TPSA) is 70.2 Å². The summed E-state index contributed by atoms with van der Waals surface area (Å²) in [4.78, 5) is 26.2. The van der Waals surface area contributed by atoms with E-state index in [-0.39, 0.29) is 5.56 Å². The standard InChI is InChI=1S/C12H10BrNO3/c1-2-8-9(12(16)17)11(15)6-4-3-5-7(13)10(6)14-8/h3-5H,2H2,1H3,(H,14,15)(H,16,17). The molecule has 88 valence electrons. The number of benzene rings is 1. The fourth-order valence-electron chi connectivity index (χ4n) is 1.82. The minimum Gasteiger partial charge on any atom is -0.477 e. The van der Waals surface area contributed by atoms with Gasteiger partial charge in [0.15, 0.2) is 0 Å². The van der Waals surface area contributed by atoms with E-state index < -0.39 is 11.4 Å². The van der Waals surface area contributed by atoms with Gasteiger partial charge in [0.1, 0.15) is 5.56 Å². The molecule has 1 aromatic carbocycles. The Labute approximate surface area is 105 Å². The molecule has 0 bridgehead atoms. The number of rotatable bonds is 2. The van der Waals surface area contributed by atoms with E-state index >= 15 is 0 Å². The number of hydrogen-bond donors (Lipinski definition) is 2. The van der Waals surface area contributed by atoms with Crippen LogP contribution in [0, 0.1) is 0 Å². The lowest BCUT2D eigenvalue weighted by molar-refractivity contribution is 0.0694. The van der Waals surface area contributed by atoms with Gasteiger partial charge in [-0.1, -0.05) is 13.0 Å². The summed E-state index contributed by atoms with van der Waals surface area (Å²) in [5.41, 5.74) is 0.476. The SMILES string of the molecule is CCc1[nH]c2c(Br)cccc2c(=O)c1C(=O)O. The first-order chi connectivity index (χ1) is 8.06. The van der Waals surface area contributed by atoms with Gasteiger partial charge in [0, 0.05) is 15.6 Å². The van der Waals surface area contributed by atoms with Crippen molar-refractivity contribution < 1.29 is 9.90 Å². The molecule has 0 aliphatic carbocycles. The lowest BCUT2D eigenvalue weighted by Crippen LogP contribution is -2.19. The van der Waals surface area contributed by atoms with E-state index in [0.29, 0.717) is 23.0 Å². The highest BCUT2D eigenvalue weighted by molar-refractivity contribution is 9.10. The summed E-state index contributed by atoms with van der Waals surface area (Å²) in [6.07, 6.45) is 0.466. The van der Waals surface area contributed by atoms with Gasteiger partial charge < -0.3 is 10.1 Å². The van der Waals surface area contributed by atoms with Crippen molar-refractivity contribution in [3.63, 3.8) is 0 Å². The largest absolute Gasteiger partial charge is 0.477 e.